The number of carbonyl (C=O) groups excluding carboxylic acids is 2. The Morgan fingerprint density at radius 1 is 0.960 bits per heavy atom. The zero-order valence-electron chi connectivity index (χ0n) is 15.5. The largest absolute Gasteiger partial charge is 0.495 e. The first-order valence-corrected chi connectivity index (χ1v) is 9.25. The zero-order chi connectivity index (χ0) is 18.3. The number of methoxy groups -OCH3 is 1. The smallest absolute Gasteiger partial charge is 0.305 e. The summed E-state index contributed by atoms with van der Waals surface area (Å²) in [6.07, 6.45) is 8.03. The van der Waals surface area contributed by atoms with Crippen LogP contribution in [0.25, 0.3) is 0 Å². The number of esters is 1. The summed E-state index contributed by atoms with van der Waals surface area (Å²) in [5, 5.41) is 2.80. The van der Waals surface area contributed by atoms with Crippen LogP contribution in [0.5, 0.6) is 5.75 Å². The number of hydrogen-bond acceptors (Lipinski definition) is 4. The molecule has 1 amide bonds. The van der Waals surface area contributed by atoms with Gasteiger partial charge in [0.1, 0.15) is 5.75 Å². The minimum Gasteiger partial charge on any atom is -0.495 e. The van der Waals surface area contributed by atoms with Gasteiger partial charge in [0.25, 0.3) is 0 Å². The average Bonchev–Trinajstić information content (AvgIpc) is 2.61. The number of benzene rings is 1. The Bertz CT molecular complexity index is 516. The van der Waals surface area contributed by atoms with Gasteiger partial charge in [-0.3, -0.25) is 9.59 Å². The molecule has 0 saturated carbocycles. The minimum atomic E-state index is -0.223. The molecule has 0 radical (unpaired) electrons. The van der Waals surface area contributed by atoms with Crippen molar-refractivity contribution in [3.05, 3.63) is 24.3 Å². The molecule has 0 atom stereocenters. The number of rotatable bonds is 13. The van der Waals surface area contributed by atoms with Crippen LogP contribution in [-0.4, -0.2) is 25.6 Å². The van der Waals surface area contributed by atoms with Gasteiger partial charge in [0, 0.05) is 12.8 Å². The molecule has 0 aliphatic carbocycles. The second-order valence-electron chi connectivity index (χ2n) is 6.09. The van der Waals surface area contributed by atoms with Crippen molar-refractivity contribution in [3.8, 4) is 5.75 Å². The summed E-state index contributed by atoms with van der Waals surface area (Å²) in [5.74, 6) is 0.265. The SMILES string of the molecule is CCCCCCCCOC(=O)CCCC(=O)Nc1ccccc1OC. The summed E-state index contributed by atoms with van der Waals surface area (Å²) < 4.78 is 10.4. The van der Waals surface area contributed by atoms with Crippen LogP contribution < -0.4 is 10.1 Å². The Kier molecular flexibility index (Phi) is 11.2. The molecule has 1 N–H and O–H groups in total. The van der Waals surface area contributed by atoms with Crippen molar-refractivity contribution in [1.29, 1.82) is 0 Å². The fourth-order valence-electron chi connectivity index (χ4n) is 2.49. The molecular weight excluding hydrogens is 318 g/mol. The lowest BCUT2D eigenvalue weighted by molar-refractivity contribution is -0.143. The lowest BCUT2D eigenvalue weighted by atomic mass is 10.1. The lowest BCUT2D eigenvalue weighted by Crippen LogP contribution is -2.13. The number of anilines is 1. The van der Waals surface area contributed by atoms with Gasteiger partial charge in [-0.25, -0.2) is 0 Å². The molecule has 140 valence electrons. The molecule has 0 aliphatic rings. The third kappa shape index (κ3) is 9.75. The van der Waals surface area contributed by atoms with E-state index in [0.29, 0.717) is 24.5 Å². The van der Waals surface area contributed by atoms with Crippen molar-refractivity contribution < 1.29 is 19.1 Å². The normalized spacial score (nSPS) is 10.3. The fraction of sp³-hybridized carbons (Fsp3) is 0.600. The molecule has 0 unspecified atom stereocenters. The molecule has 0 spiro atoms. The van der Waals surface area contributed by atoms with Gasteiger partial charge in [0.15, 0.2) is 0 Å². The highest BCUT2D eigenvalue weighted by Crippen LogP contribution is 2.23. The quantitative estimate of drug-likeness (QED) is 0.414. The summed E-state index contributed by atoms with van der Waals surface area (Å²) in [4.78, 5) is 23.6. The summed E-state index contributed by atoms with van der Waals surface area (Å²) in [7, 11) is 1.56. The highest BCUT2D eigenvalue weighted by Gasteiger charge is 2.09. The van der Waals surface area contributed by atoms with E-state index < -0.39 is 0 Å². The van der Waals surface area contributed by atoms with Crippen LogP contribution in [-0.2, 0) is 14.3 Å². The Morgan fingerprint density at radius 2 is 1.68 bits per heavy atom. The summed E-state index contributed by atoms with van der Waals surface area (Å²) in [5.41, 5.74) is 0.639. The Labute approximate surface area is 151 Å². The topological polar surface area (TPSA) is 64.6 Å². The van der Waals surface area contributed by atoms with Crippen molar-refractivity contribution in [2.75, 3.05) is 19.0 Å². The predicted molar refractivity (Wildman–Crippen MR) is 99.8 cm³/mol. The maximum Gasteiger partial charge on any atom is 0.305 e. The van der Waals surface area contributed by atoms with Gasteiger partial charge in [0.05, 0.1) is 19.4 Å². The van der Waals surface area contributed by atoms with E-state index in [1.54, 1.807) is 19.2 Å². The average molecular weight is 349 g/mol. The van der Waals surface area contributed by atoms with E-state index in [1.807, 2.05) is 12.1 Å². The number of hydrogen-bond donors (Lipinski definition) is 1. The molecule has 0 fully saturated rings. The van der Waals surface area contributed by atoms with E-state index in [9.17, 15) is 9.59 Å². The van der Waals surface area contributed by atoms with E-state index in [4.69, 9.17) is 9.47 Å². The molecule has 0 aromatic heterocycles. The molecule has 1 aromatic carbocycles. The first-order valence-electron chi connectivity index (χ1n) is 9.25. The van der Waals surface area contributed by atoms with Crippen molar-refractivity contribution in [2.24, 2.45) is 0 Å². The van der Waals surface area contributed by atoms with Crippen molar-refractivity contribution in [3.63, 3.8) is 0 Å². The van der Waals surface area contributed by atoms with Crippen molar-refractivity contribution in [2.45, 2.75) is 64.7 Å². The molecule has 1 aromatic rings. The number of amides is 1. The first-order chi connectivity index (χ1) is 12.2. The van der Waals surface area contributed by atoms with Gasteiger partial charge in [-0.05, 0) is 25.0 Å². The number of para-hydroxylation sites is 2. The lowest BCUT2D eigenvalue weighted by Gasteiger charge is -2.09. The van der Waals surface area contributed by atoms with E-state index >= 15 is 0 Å². The number of carbonyl (C=O) groups is 2. The van der Waals surface area contributed by atoms with Crippen molar-refractivity contribution in [1.82, 2.24) is 0 Å². The molecule has 25 heavy (non-hydrogen) atoms. The summed E-state index contributed by atoms with van der Waals surface area (Å²) in [6, 6.07) is 7.24. The highest BCUT2D eigenvalue weighted by molar-refractivity contribution is 5.92. The van der Waals surface area contributed by atoms with Crippen molar-refractivity contribution >= 4 is 17.6 Å². The van der Waals surface area contributed by atoms with Gasteiger partial charge < -0.3 is 14.8 Å². The standard InChI is InChI=1S/C20H31NO4/c1-3-4-5-6-7-10-16-25-20(23)15-11-14-19(22)21-17-12-8-9-13-18(17)24-2/h8-9,12-13H,3-7,10-11,14-16H2,1-2H3,(H,21,22). The zero-order valence-corrected chi connectivity index (χ0v) is 15.5. The Morgan fingerprint density at radius 3 is 2.44 bits per heavy atom. The van der Waals surface area contributed by atoms with E-state index in [1.165, 1.54) is 25.7 Å². The maximum atomic E-state index is 11.9. The molecule has 0 bridgehead atoms. The molecular formula is C20H31NO4. The monoisotopic (exact) mass is 349 g/mol. The molecule has 0 heterocycles. The van der Waals surface area contributed by atoms with Crippen LogP contribution in [0, 0.1) is 0 Å². The van der Waals surface area contributed by atoms with Crippen LogP contribution >= 0.6 is 0 Å². The molecule has 0 saturated heterocycles. The number of ether oxygens (including phenoxy) is 2. The van der Waals surface area contributed by atoms with Gasteiger partial charge in [-0.15, -0.1) is 0 Å². The molecule has 1 rings (SSSR count). The van der Waals surface area contributed by atoms with Gasteiger partial charge >= 0.3 is 5.97 Å². The maximum absolute atomic E-state index is 11.9. The van der Waals surface area contributed by atoms with Gasteiger partial charge in [0.2, 0.25) is 5.91 Å². The second kappa shape index (κ2) is 13.3. The van der Waals surface area contributed by atoms with Crippen LogP contribution in [0.4, 0.5) is 5.69 Å². The van der Waals surface area contributed by atoms with E-state index in [-0.39, 0.29) is 24.7 Å². The summed E-state index contributed by atoms with van der Waals surface area (Å²) >= 11 is 0. The molecule has 0 aliphatic heterocycles. The van der Waals surface area contributed by atoms with Crippen LogP contribution in [0.1, 0.15) is 64.7 Å². The number of nitrogens with one attached hydrogen (secondary N) is 1. The molecule has 5 heteroatoms. The number of unbranched alkanes of at least 4 members (excludes halogenated alkanes) is 5. The highest BCUT2D eigenvalue weighted by atomic mass is 16.5. The minimum absolute atomic E-state index is 0.131. The third-order valence-electron chi connectivity index (χ3n) is 3.93. The van der Waals surface area contributed by atoms with Crippen LogP contribution in [0.15, 0.2) is 24.3 Å². The fourth-order valence-corrected chi connectivity index (χ4v) is 2.49. The van der Waals surface area contributed by atoms with Gasteiger partial charge in [-0.1, -0.05) is 51.2 Å². The molecule has 5 nitrogen and oxygen atoms in total. The third-order valence-corrected chi connectivity index (χ3v) is 3.93. The second-order valence-corrected chi connectivity index (χ2v) is 6.09. The first kappa shape index (κ1) is 21.0. The summed E-state index contributed by atoms with van der Waals surface area (Å²) in [6.45, 7) is 2.68. The van der Waals surface area contributed by atoms with Crippen LogP contribution in [0.2, 0.25) is 0 Å². The van der Waals surface area contributed by atoms with E-state index in [2.05, 4.69) is 12.2 Å². The van der Waals surface area contributed by atoms with E-state index in [0.717, 1.165) is 12.8 Å². The Hall–Kier alpha value is -2.04. The van der Waals surface area contributed by atoms with Crippen LogP contribution in [0.3, 0.4) is 0 Å². The predicted octanol–water partition coefficient (Wildman–Crippen LogP) is 4.71. The Balaban J connectivity index is 2.09. The van der Waals surface area contributed by atoms with Gasteiger partial charge in [-0.2, -0.15) is 0 Å².